The molecule has 0 radical (unpaired) electrons. The molecule has 3 aromatic rings. The lowest BCUT2D eigenvalue weighted by atomic mass is 10.1. The van der Waals surface area contributed by atoms with Gasteiger partial charge in [-0.15, -0.1) is 0 Å². The number of hydrogen-bond acceptors (Lipinski definition) is 5. The Balaban J connectivity index is 1.81. The minimum absolute atomic E-state index is 0.107. The molecule has 0 spiro atoms. The van der Waals surface area contributed by atoms with E-state index in [1.807, 2.05) is 19.9 Å². The van der Waals surface area contributed by atoms with Crippen LogP contribution in [0.1, 0.15) is 25.0 Å². The summed E-state index contributed by atoms with van der Waals surface area (Å²) in [4.78, 5) is 12.7. The van der Waals surface area contributed by atoms with Crippen LogP contribution in [0, 0.1) is 11.3 Å². The third-order valence-electron chi connectivity index (χ3n) is 4.82. The van der Waals surface area contributed by atoms with Crippen molar-refractivity contribution in [2.75, 3.05) is 18.5 Å². The Labute approximate surface area is 224 Å². The van der Waals surface area contributed by atoms with Gasteiger partial charge in [-0.3, -0.25) is 4.79 Å². The Morgan fingerprint density at radius 1 is 0.944 bits per heavy atom. The van der Waals surface area contributed by atoms with E-state index < -0.39 is 5.91 Å². The molecule has 0 heterocycles. The number of nitrogens with zero attached hydrogens (tertiary/aromatic N) is 1. The Kier molecular flexibility index (Phi) is 9.89. The van der Waals surface area contributed by atoms with Crippen molar-refractivity contribution in [3.8, 4) is 23.3 Å². The lowest BCUT2D eigenvalue weighted by Gasteiger charge is -2.15. The zero-order chi connectivity index (χ0) is 26.1. The lowest BCUT2D eigenvalue weighted by Crippen LogP contribution is -2.13. The van der Waals surface area contributed by atoms with E-state index in [0.717, 1.165) is 5.56 Å². The number of nitriles is 1. The summed E-state index contributed by atoms with van der Waals surface area (Å²) in [5.41, 5.74) is 1.64. The molecule has 36 heavy (non-hydrogen) atoms. The third-order valence-corrected chi connectivity index (χ3v) is 5.69. The van der Waals surface area contributed by atoms with E-state index in [0.29, 0.717) is 51.8 Å². The number of nitrogens with one attached hydrogen (secondary N) is 1. The third kappa shape index (κ3) is 7.32. The molecule has 0 saturated heterocycles. The summed E-state index contributed by atoms with van der Waals surface area (Å²) >= 11 is 18.7. The number of ether oxygens (including phenoxy) is 3. The van der Waals surface area contributed by atoms with E-state index in [2.05, 4.69) is 5.32 Å². The topological polar surface area (TPSA) is 80.6 Å². The Morgan fingerprint density at radius 2 is 1.67 bits per heavy atom. The Hall–Kier alpha value is -3.37. The Morgan fingerprint density at radius 3 is 2.31 bits per heavy atom. The molecule has 0 unspecified atom stereocenters. The van der Waals surface area contributed by atoms with Crippen LogP contribution in [0.15, 0.2) is 60.2 Å². The quantitative estimate of drug-likeness (QED) is 0.210. The molecule has 186 valence electrons. The van der Waals surface area contributed by atoms with Crippen LogP contribution >= 0.6 is 34.8 Å². The first-order valence-corrected chi connectivity index (χ1v) is 12.2. The van der Waals surface area contributed by atoms with Gasteiger partial charge < -0.3 is 19.5 Å². The molecule has 9 heteroatoms. The number of benzene rings is 3. The van der Waals surface area contributed by atoms with Crippen molar-refractivity contribution in [3.63, 3.8) is 0 Å². The monoisotopic (exact) mass is 544 g/mol. The van der Waals surface area contributed by atoms with Gasteiger partial charge in [-0.2, -0.15) is 5.26 Å². The van der Waals surface area contributed by atoms with Crippen molar-refractivity contribution >= 4 is 52.5 Å². The SMILES string of the molecule is CCOc1ccc(NC(=O)/C(C#N)=C/c2cc(Cl)c(OCc3ccc(Cl)cc3Cl)c(OCC)c2)cc1. The van der Waals surface area contributed by atoms with Crippen LogP contribution in [-0.4, -0.2) is 19.1 Å². The molecule has 0 atom stereocenters. The first-order chi connectivity index (χ1) is 17.3. The minimum Gasteiger partial charge on any atom is -0.494 e. The predicted octanol–water partition coefficient (Wildman–Crippen LogP) is 7.57. The molecule has 0 fully saturated rings. The molecule has 1 N–H and O–H groups in total. The maximum absolute atomic E-state index is 12.7. The average Bonchev–Trinajstić information content (AvgIpc) is 2.84. The zero-order valence-electron chi connectivity index (χ0n) is 19.6. The summed E-state index contributed by atoms with van der Waals surface area (Å²) in [6.07, 6.45) is 1.43. The highest BCUT2D eigenvalue weighted by Crippen LogP contribution is 2.38. The average molecular weight is 546 g/mol. The molecule has 3 aromatic carbocycles. The van der Waals surface area contributed by atoms with Gasteiger partial charge in [0.25, 0.3) is 5.91 Å². The van der Waals surface area contributed by atoms with E-state index in [1.54, 1.807) is 54.6 Å². The summed E-state index contributed by atoms with van der Waals surface area (Å²) in [6, 6.07) is 17.1. The highest BCUT2D eigenvalue weighted by atomic mass is 35.5. The molecule has 0 aromatic heterocycles. The van der Waals surface area contributed by atoms with Gasteiger partial charge in [-0.05, 0) is 74.0 Å². The molecule has 1 amide bonds. The molecule has 3 rings (SSSR count). The number of carbonyl (C=O) groups is 1. The Bertz CT molecular complexity index is 1300. The lowest BCUT2D eigenvalue weighted by molar-refractivity contribution is -0.112. The van der Waals surface area contributed by atoms with Crippen molar-refractivity contribution in [1.82, 2.24) is 0 Å². The van der Waals surface area contributed by atoms with E-state index in [-0.39, 0.29) is 17.2 Å². The number of anilines is 1. The number of hydrogen-bond donors (Lipinski definition) is 1. The smallest absolute Gasteiger partial charge is 0.266 e. The predicted molar refractivity (Wildman–Crippen MR) is 143 cm³/mol. The molecule has 6 nitrogen and oxygen atoms in total. The summed E-state index contributed by atoms with van der Waals surface area (Å²) in [7, 11) is 0. The fourth-order valence-corrected chi connectivity index (χ4v) is 3.91. The fraction of sp³-hybridized carbons (Fsp3) is 0.185. The van der Waals surface area contributed by atoms with Crippen molar-refractivity contribution in [2.45, 2.75) is 20.5 Å². The minimum atomic E-state index is -0.562. The van der Waals surface area contributed by atoms with Crippen LogP contribution in [0.5, 0.6) is 17.2 Å². The highest BCUT2D eigenvalue weighted by molar-refractivity contribution is 6.35. The highest BCUT2D eigenvalue weighted by Gasteiger charge is 2.16. The molecule has 0 aliphatic carbocycles. The van der Waals surface area contributed by atoms with Crippen LogP contribution in [-0.2, 0) is 11.4 Å². The van der Waals surface area contributed by atoms with Gasteiger partial charge in [-0.25, -0.2) is 0 Å². The summed E-state index contributed by atoms with van der Waals surface area (Å²) in [5, 5.41) is 13.5. The second kappa shape index (κ2) is 13.1. The largest absolute Gasteiger partial charge is 0.494 e. The van der Waals surface area contributed by atoms with Gasteiger partial charge in [0.2, 0.25) is 0 Å². The van der Waals surface area contributed by atoms with Crippen molar-refractivity contribution in [1.29, 1.82) is 5.26 Å². The normalized spacial score (nSPS) is 10.9. The van der Waals surface area contributed by atoms with Crippen LogP contribution in [0.2, 0.25) is 15.1 Å². The van der Waals surface area contributed by atoms with Crippen LogP contribution < -0.4 is 19.5 Å². The second-order valence-electron chi connectivity index (χ2n) is 7.37. The molecule has 0 saturated carbocycles. The van der Waals surface area contributed by atoms with Crippen LogP contribution in [0.25, 0.3) is 6.08 Å². The number of carbonyl (C=O) groups excluding carboxylic acids is 1. The van der Waals surface area contributed by atoms with E-state index >= 15 is 0 Å². The van der Waals surface area contributed by atoms with E-state index in [1.165, 1.54) is 6.08 Å². The van der Waals surface area contributed by atoms with Crippen molar-refractivity contribution in [2.24, 2.45) is 0 Å². The first kappa shape index (κ1) is 27.2. The van der Waals surface area contributed by atoms with Gasteiger partial charge in [0, 0.05) is 21.3 Å². The van der Waals surface area contributed by atoms with Gasteiger partial charge in [-0.1, -0.05) is 40.9 Å². The van der Waals surface area contributed by atoms with Crippen molar-refractivity contribution < 1.29 is 19.0 Å². The zero-order valence-corrected chi connectivity index (χ0v) is 21.9. The molecular weight excluding hydrogens is 523 g/mol. The summed E-state index contributed by atoms with van der Waals surface area (Å²) in [6.45, 7) is 4.74. The summed E-state index contributed by atoms with van der Waals surface area (Å²) in [5.74, 6) is 0.809. The molecule has 0 aliphatic rings. The molecule has 0 aliphatic heterocycles. The first-order valence-electron chi connectivity index (χ1n) is 11.0. The maximum Gasteiger partial charge on any atom is 0.266 e. The standard InChI is InChI=1S/C27H23Cl3N2O4/c1-3-34-22-9-7-21(8-10-22)32-27(33)19(15-31)11-17-12-24(30)26(25(13-17)35-4-2)36-16-18-5-6-20(28)14-23(18)29/h5-14H,3-4,16H2,1-2H3,(H,32,33)/b19-11+. The molecule has 0 bridgehead atoms. The van der Waals surface area contributed by atoms with Gasteiger partial charge in [0.1, 0.15) is 24.0 Å². The van der Waals surface area contributed by atoms with E-state index in [4.69, 9.17) is 49.0 Å². The van der Waals surface area contributed by atoms with Gasteiger partial charge in [0.05, 0.1) is 18.2 Å². The van der Waals surface area contributed by atoms with Crippen LogP contribution in [0.3, 0.4) is 0 Å². The van der Waals surface area contributed by atoms with Crippen molar-refractivity contribution in [3.05, 3.63) is 86.4 Å². The number of amides is 1. The van der Waals surface area contributed by atoms with E-state index in [9.17, 15) is 10.1 Å². The fourth-order valence-electron chi connectivity index (χ4n) is 3.18. The second-order valence-corrected chi connectivity index (χ2v) is 8.62. The number of halogens is 3. The van der Waals surface area contributed by atoms with Gasteiger partial charge >= 0.3 is 0 Å². The van der Waals surface area contributed by atoms with Gasteiger partial charge in [0.15, 0.2) is 11.5 Å². The molecular formula is C27H23Cl3N2O4. The number of rotatable bonds is 10. The van der Waals surface area contributed by atoms with Crippen LogP contribution in [0.4, 0.5) is 5.69 Å². The maximum atomic E-state index is 12.7. The summed E-state index contributed by atoms with van der Waals surface area (Å²) < 4.78 is 17.0.